The molecule has 0 spiro atoms. The van der Waals surface area contributed by atoms with Gasteiger partial charge in [-0.1, -0.05) is 37.6 Å². The van der Waals surface area contributed by atoms with Gasteiger partial charge in [-0.25, -0.2) is 4.98 Å². The van der Waals surface area contributed by atoms with E-state index in [1.165, 1.54) is 12.1 Å². The minimum absolute atomic E-state index is 0.132. The maximum absolute atomic E-state index is 13.1. The van der Waals surface area contributed by atoms with E-state index in [2.05, 4.69) is 20.6 Å². The Morgan fingerprint density at radius 2 is 1.66 bits per heavy atom. The summed E-state index contributed by atoms with van der Waals surface area (Å²) in [6.45, 7) is 5.95. The molecule has 0 saturated heterocycles. The number of carbonyl (C=O) groups excluding carboxylic acids is 1. The Bertz CT molecular complexity index is 1170. The normalized spacial score (nSPS) is 15.2. The molecule has 2 aromatic carbocycles. The molecule has 0 bridgehead atoms. The Morgan fingerprint density at radius 3 is 2.34 bits per heavy atom. The minimum atomic E-state index is -4.47. The molecule has 166 valence electrons. The number of benzene rings is 2. The van der Waals surface area contributed by atoms with Gasteiger partial charge in [-0.2, -0.15) is 18.2 Å². The van der Waals surface area contributed by atoms with Crippen LogP contribution in [-0.4, -0.2) is 15.8 Å². The van der Waals surface area contributed by atoms with Gasteiger partial charge in [-0.3, -0.25) is 4.79 Å². The number of nitrogens with one attached hydrogen (secondary N) is 2. The lowest BCUT2D eigenvalue weighted by molar-refractivity contribution is -0.137. The van der Waals surface area contributed by atoms with E-state index in [1.807, 2.05) is 45.0 Å². The second-order valence-electron chi connectivity index (χ2n) is 8.85. The van der Waals surface area contributed by atoms with Crippen molar-refractivity contribution in [3.63, 3.8) is 0 Å². The summed E-state index contributed by atoms with van der Waals surface area (Å²) in [5, 5.41) is 6.06. The zero-order valence-electron chi connectivity index (χ0n) is 18.0. The van der Waals surface area contributed by atoms with Gasteiger partial charge in [0.1, 0.15) is 5.82 Å². The van der Waals surface area contributed by atoms with Crippen molar-refractivity contribution in [1.29, 1.82) is 0 Å². The van der Waals surface area contributed by atoms with Gasteiger partial charge in [-0.15, -0.1) is 0 Å². The highest BCUT2D eigenvalue weighted by Gasteiger charge is 2.35. The average Bonchev–Trinajstić information content (AvgIpc) is 2.68. The van der Waals surface area contributed by atoms with Gasteiger partial charge in [0.2, 0.25) is 5.95 Å². The first-order valence-corrected chi connectivity index (χ1v) is 10.2. The highest BCUT2D eigenvalue weighted by molar-refractivity contribution is 6.03. The molecule has 1 heterocycles. The number of ketones is 1. The van der Waals surface area contributed by atoms with Crippen LogP contribution in [0.2, 0.25) is 0 Å². The first-order valence-electron chi connectivity index (χ1n) is 10.2. The van der Waals surface area contributed by atoms with E-state index in [9.17, 15) is 18.0 Å². The van der Waals surface area contributed by atoms with Crippen molar-refractivity contribution in [3.8, 4) is 0 Å². The molecule has 0 aliphatic heterocycles. The van der Waals surface area contributed by atoms with Crippen molar-refractivity contribution in [2.75, 3.05) is 10.6 Å². The number of anilines is 4. The Kier molecular flexibility index (Phi) is 5.40. The van der Waals surface area contributed by atoms with Crippen molar-refractivity contribution in [2.24, 2.45) is 5.41 Å². The predicted molar refractivity (Wildman–Crippen MR) is 118 cm³/mol. The van der Waals surface area contributed by atoms with E-state index < -0.39 is 11.7 Å². The number of carbonyl (C=O) groups is 1. The van der Waals surface area contributed by atoms with Crippen LogP contribution in [0.3, 0.4) is 0 Å². The molecule has 0 fully saturated rings. The number of aromatic nitrogens is 2. The molecule has 8 heteroatoms. The fourth-order valence-corrected chi connectivity index (χ4v) is 3.79. The fraction of sp³-hybridized carbons (Fsp3) is 0.292. The number of halogens is 3. The monoisotopic (exact) mass is 440 g/mol. The van der Waals surface area contributed by atoms with Gasteiger partial charge in [0.25, 0.3) is 0 Å². The molecular weight excluding hydrogens is 417 g/mol. The predicted octanol–water partition coefficient (Wildman–Crippen LogP) is 6.45. The van der Waals surface area contributed by atoms with Crippen LogP contribution in [0.5, 0.6) is 0 Å². The van der Waals surface area contributed by atoms with Gasteiger partial charge in [0.15, 0.2) is 5.78 Å². The lowest BCUT2D eigenvalue weighted by atomic mass is 9.75. The Morgan fingerprint density at radius 1 is 0.938 bits per heavy atom. The van der Waals surface area contributed by atoms with Crippen LogP contribution >= 0.6 is 0 Å². The summed E-state index contributed by atoms with van der Waals surface area (Å²) >= 11 is 0. The molecule has 32 heavy (non-hydrogen) atoms. The summed E-state index contributed by atoms with van der Waals surface area (Å²) in [5.41, 5.74) is 1.91. The third kappa shape index (κ3) is 4.74. The standard InChI is InChI=1S/C24H23F3N4O/c1-14-7-9-16(10-8-14)29-22-30-18-12-23(2,3)13-19(32)20(18)21(31-22)28-17-6-4-5-15(11-17)24(25,26)27/h4-11H,12-13H2,1-3H3,(H2,28,29,30,31). The van der Waals surface area contributed by atoms with E-state index in [0.29, 0.717) is 24.1 Å². The summed E-state index contributed by atoms with van der Waals surface area (Å²) < 4.78 is 39.4. The molecule has 4 rings (SSSR count). The second-order valence-corrected chi connectivity index (χ2v) is 8.85. The third-order valence-electron chi connectivity index (χ3n) is 5.31. The number of nitrogens with zero attached hydrogens (tertiary/aromatic N) is 2. The number of aryl methyl sites for hydroxylation is 1. The number of fused-ring (bicyclic) bond motifs is 1. The van der Waals surface area contributed by atoms with Crippen LogP contribution in [0.25, 0.3) is 0 Å². The second kappa shape index (κ2) is 7.93. The zero-order chi connectivity index (χ0) is 23.1. The van der Waals surface area contributed by atoms with E-state index in [0.717, 1.165) is 23.4 Å². The van der Waals surface area contributed by atoms with Gasteiger partial charge >= 0.3 is 6.18 Å². The van der Waals surface area contributed by atoms with Gasteiger partial charge in [0, 0.05) is 17.8 Å². The quantitative estimate of drug-likeness (QED) is 0.488. The number of hydrogen-bond acceptors (Lipinski definition) is 5. The highest BCUT2D eigenvalue weighted by Crippen LogP contribution is 2.38. The van der Waals surface area contributed by atoms with Crippen LogP contribution in [-0.2, 0) is 12.6 Å². The highest BCUT2D eigenvalue weighted by atomic mass is 19.4. The van der Waals surface area contributed by atoms with Crippen LogP contribution in [0.1, 0.15) is 47.4 Å². The SMILES string of the molecule is Cc1ccc(Nc2nc3c(c(Nc4cccc(C(F)(F)F)c4)n2)C(=O)CC(C)(C)C3)cc1. The summed E-state index contributed by atoms with van der Waals surface area (Å²) in [4.78, 5) is 22.0. The first kappa shape index (κ1) is 21.8. The number of rotatable bonds is 4. The van der Waals surface area contributed by atoms with Crippen molar-refractivity contribution in [3.05, 3.63) is 70.9 Å². The number of Topliss-reactive ketones (excluding diaryl/α,β-unsaturated/α-hetero) is 1. The molecule has 1 aliphatic carbocycles. The maximum atomic E-state index is 13.1. The first-order chi connectivity index (χ1) is 15.0. The topological polar surface area (TPSA) is 66.9 Å². The molecule has 3 aromatic rings. The molecule has 0 amide bonds. The lowest BCUT2D eigenvalue weighted by Gasteiger charge is -2.30. The van der Waals surface area contributed by atoms with Crippen LogP contribution in [0.4, 0.5) is 36.3 Å². The molecular formula is C24H23F3N4O. The zero-order valence-corrected chi connectivity index (χ0v) is 18.0. The maximum Gasteiger partial charge on any atom is 0.416 e. The molecule has 0 atom stereocenters. The van der Waals surface area contributed by atoms with E-state index in [4.69, 9.17) is 0 Å². The minimum Gasteiger partial charge on any atom is -0.339 e. The summed E-state index contributed by atoms with van der Waals surface area (Å²) in [7, 11) is 0. The number of hydrogen-bond donors (Lipinski definition) is 2. The molecule has 5 nitrogen and oxygen atoms in total. The lowest BCUT2D eigenvalue weighted by Crippen LogP contribution is -2.29. The molecule has 0 unspecified atom stereocenters. The van der Waals surface area contributed by atoms with Crippen LogP contribution < -0.4 is 10.6 Å². The van der Waals surface area contributed by atoms with E-state index >= 15 is 0 Å². The molecule has 0 saturated carbocycles. The Labute approximate surface area is 184 Å². The smallest absolute Gasteiger partial charge is 0.339 e. The third-order valence-corrected chi connectivity index (χ3v) is 5.31. The Balaban J connectivity index is 1.76. The van der Waals surface area contributed by atoms with Crippen LogP contribution in [0.15, 0.2) is 48.5 Å². The number of alkyl halides is 3. The molecule has 0 radical (unpaired) electrons. The molecule has 1 aromatic heterocycles. The fourth-order valence-electron chi connectivity index (χ4n) is 3.79. The van der Waals surface area contributed by atoms with Crippen molar-refractivity contribution < 1.29 is 18.0 Å². The summed E-state index contributed by atoms with van der Waals surface area (Å²) in [5.74, 6) is 0.338. The largest absolute Gasteiger partial charge is 0.416 e. The van der Waals surface area contributed by atoms with Crippen LogP contribution in [0, 0.1) is 12.3 Å². The molecule has 2 N–H and O–H groups in total. The van der Waals surface area contributed by atoms with Gasteiger partial charge in [-0.05, 0) is 49.1 Å². The van der Waals surface area contributed by atoms with Gasteiger partial charge in [0.05, 0.1) is 16.8 Å². The average molecular weight is 440 g/mol. The Hall–Kier alpha value is -3.42. The van der Waals surface area contributed by atoms with Gasteiger partial charge < -0.3 is 10.6 Å². The van der Waals surface area contributed by atoms with Crippen molar-refractivity contribution in [1.82, 2.24) is 9.97 Å². The molecule has 1 aliphatic rings. The van der Waals surface area contributed by atoms with E-state index in [1.54, 1.807) is 0 Å². The van der Waals surface area contributed by atoms with Crippen molar-refractivity contribution >= 4 is 28.9 Å². The van der Waals surface area contributed by atoms with Crippen molar-refractivity contribution in [2.45, 2.75) is 39.8 Å². The summed E-state index contributed by atoms with van der Waals surface area (Å²) in [6, 6.07) is 12.5. The summed E-state index contributed by atoms with van der Waals surface area (Å²) in [6.07, 6.45) is -3.61. The van der Waals surface area contributed by atoms with E-state index in [-0.39, 0.29) is 28.7 Å².